The molecule has 12 heavy (non-hydrogen) atoms. The van der Waals surface area contributed by atoms with Crippen LogP contribution in [0, 0.1) is 0 Å². The first-order chi connectivity index (χ1) is 5.74. The topological polar surface area (TPSA) is 100 Å². The maximum absolute atomic E-state index is 5.66. The number of nitrogens with two attached hydrogens (primary N) is 2. The highest BCUT2D eigenvalue weighted by Gasteiger charge is 2.12. The molecule has 0 aliphatic rings. The molecule has 6 nitrogen and oxygen atoms in total. The highest BCUT2D eigenvalue weighted by atomic mass is 16.5. The van der Waals surface area contributed by atoms with Crippen molar-refractivity contribution in [3.8, 4) is 0 Å². The van der Waals surface area contributed by atoms with Gasteiger partial charge in [-0.05, 0) is 11.6 Å². The third-order valence-electron chi connectivity index (χ3n) is 1.41. The summed E-state index contributed by atoms with van der Waals surface area (Å²) in [5.41, 5.74) is 10.9. The van der Waals surface area contributed by atoms with Crippen LogP contribution in [0.25, 0.3) is 0 Å². The van der Waals surface area contributed by atoms with Gasteiger partial charge >= 0.3 is 0 Å². The molecule has 0 saturated carbocycles. The van der Waals surface area contributed by atoms with E-state index in [4.69, 9.17) is 20.7 Å². The average molecular weight is 172 g/mol. The molecule has 0 fully saturated rings. The molecule has 1 aromatic heterocycles. The summed E-state index contributed by atoms with van der Waals surface area (Å²) in [6, 6.07) is -0.297. The van der Waals surface area contributed by atoms with Crippen LogP contribution in [0.15, 0.2) is 4.52 Å². The Morgan fingerprint density at radius 3 is 2.92 bits per heavy atom. The van der Waals surface area contributed by atoms with Crippen molar-refractivity contribution in [2.75, 3.05) is 19.5 Å². The summed E-state index contributed by atoms with van der Waals surface area (Å²) in [6.45, 7) is 0.559. The number of rotatable bonds is 4. The molecule has 0 aromatic carbocycles. The number of aromatic nitrogens is 2. The normalized spacial score (nSPS) is 13.2. The summed E-state index contributed by atoms with van der Waals surface area (Å²) in [5, 5.41) is 3.42. The van der Waals surface area contributed by atoms with E-state index >= 15 is 0 Å². The summed E-state index contributed by atoms with van der Waals surface area (Å²) in [6.07, 6.45) is 0.637. The zero-order valence-corrected chi connectivity index (χ0v) is 6.86. The average Bonchev–Trinajstić information content (AvgIpc) is 2.47. The fourth-order valence-electron chi connectivity index (χ4n) is 0.766. The molecule has 0 radical (unpaired) electrons. The number of ether oxygens (including phenoxy) is 1. The van der Waals surface area contributed by atoms with E-state index in [2.05, 4.69) is 10.1 Å². The van der Waals surface area contributed by atoms with Crippen molar-refractivity contribution in [2.45, 2.75) is 12.5 Å². The summed E-state index contributed by atoms with van der Waals surface area (Å²) in [4.78, 5) is 3.78. The molecular weight excluding hydrogens is 160 g/mol. The van der Waals surface area contributed by atoms with E-state index in [1.165, 1.54) is 0 Å². The van der Waals surface area contributed by atoms with E-state index in [0.717, 1.165) is 0 Å². The molecule has 1 unspecified atom stereocenters. The van der Waals surface area contributed by atoms with Gasteiger partial charge in [-0.25, -0.2) is 0 Å². The van der Waals surface area contributed by atoms with Crippen molar-refractivity contribution in [2.24, 2.45) is 5.73 Å². The maximum Gasteiger partial charge on any atom is 0.260 e. The number of nitrogen functional groups attached to an aromatic ring is 1. The minimum Gasteiger partial charge on any atom is -0.385 e. The van der Waals surface area contributed by atoms with E-state index < -0.39 is 0 Å². The van der Waals surface area contributed by atoms with Crippen molar-refractivity contribution in [1.82, 2.24) is 10.1 Å². The standard InChI is InChI=1S/C6H12N4O2/c1-11-3-2-4(7)5-9-6(8)10-12-5/h4H,2-3,7H2,1H3,(H2,8,10). The summed E-state index contributed by atoms with van der Waals surface area (Å²) in [7, 11) is 1.61. The number of nitrogens with zero attached hydrogens (tertiary/aromatic N) is 2. The lowest BCUT2D eigenvalue weighted by molar-refractivity contribution is 0.182. The first-order valence-corrected chi connectivity index (χ1v) is 3.57. The maximum atomic E-state index is 5.66. The number of hydrogen-bond acceptors (Lipinski definition) is 6. The van der Waals surface area contributed by atoms with Crippen molar-refractivity contribution < 1.29 is 9.26 Å². The van der Waals surface area contributed by atoms with Crippen LogP contribution < -0.4 is 11.5 Å². The van der Waals surface area contributed by atoms with Gasteiger partial charge in [0.2, 0.25) is 5.89 Å². The lowest BCUT2D eigenvalue weighted by atomic mass is 10.2. The van der Waals surface area contributed by atoms with Crippen LogP contribution in [0.4, 0.5) is 5.95 Å². The molecule has 0 aliphatic carbocycles. The fourth-order valence-corrected chi connectivity index (χ4v) is 0.766. The molecule has 0 amide bonds. The number of hydrogen-bond donors (Lipinski definition) is 2. The molecule has 0 saturated heterocycles. The van der Waals surface area contributed by atoms with Gasteiger partial charge in [-0.1, -0.05) is 0 Å². The Morgan fingerprint density at radius 1 is 1.67 bits per heavy atom. The fraction of sp³-hybridized carbons (Fsp3) is 0.667. The molecule has 1 rings (SSSR count). The predicted molar refractivity (Wildman–Crippen MR) is 42.1 cm³/mol. The molecule has 4 N–H and O–H groups in total. The third-order valence-corrected chi connectivity index (χ3v) is 1.41. The molecule has 68 valence electrons. The molecule has 6 heteroatoms. The van der Waals surface area contributed by atoms with Crippen molar-refractivity contribution in [3.05, 3.63) is 5.89 Å². The highest BCUT2D eigenvalue weighted by molar-refractivity contribution is 5.11. The van der Waals surface area contributed by atoms with E-state index in [1.807, 2.05) is 0 Å². The Kier molecular flexibility index (Phi) is 3.01. The second-order valence-corrected chi connectivity index (χ2v) is 2.38. The predicted octanol–water partition coefficient (Wildman–Crippen LogP) is -0.312. The molecule has 0 bridgehead atoms. The lowest BCUT2D eigenvalue weighted by Crippen LogP contribution is -2.13. The Labute approximate surface area is 69.9 Å². The molecular formula is C6H12N4O2. The van der Waals surface area contributed by atoms with Gasteiger partial charge in [0.15, 0.2) is 0 Å². The Hall–Kier alpha value is -1.14. The second-order valence-electron chi connectivity index (χ2n) is 2.38. The van der Waals surface area contributed by atoms with Crippen LogP contribution in [-0.4, -0.2) is 23.9 Å². The van der Waals surface area contributed by atoms with Crippen LogP contribution in [-0.2, 0) is 4.74 Å². The van der Waals surface area contributed by atoms with Gasteiger partial charge in [0.25, 0.3) is 5.95 Å². The zero-order valence-electron chi connectivity index (χ0n) is 6.86. The first kappa shape index (κ1) is 8.95. The zero-order chi connectivity index (χ0) is 8.97. The van der Waals surface area contributed by atoms with Crippen molar-refractivity contribution in [1.29, 1.82) is 0 Å². The smallest absolute Gasteiger partial charge is 0.260 e. The minimum absolute atomic E-state index is 0.109. The van der Waals surface area contributed by atoms with Gasteiger partial charge in [0.1, 0.15) is 0 Å². The van der Waals surface area contributed by atoms with E-state index in [-0.39, 0.29) is 12.0 Å². The van der Waals surface area contributed by atoms with Crippen LogP contribution in [0.1, 0.15) is 18.4 Å². The van der Waals surface area contributed by atoms with Gasteiger partial charge in [0.05, 0.1) is 6.04 Å². The van der Waals surface area contributed by atoms with Gasteiger partial charge < -0.3 is 20.7 Å². The first-order valence-electron chi connectivity index (χ1n) is 3.57. The Bertz CT molecular complexity index is 237. The quantitative estimate of drug-likeness (QED) is 0.646. The van der Waals surface area contributed by atoms with Crippen LogP contribution in [0.5, 0.6) is 0 Å². The molecule has 1 aromatic rings. The number of methoxy groups -OCH3 is 1. The molecule has 1 heterocycles. The number of anilines is 1. The van der Waals surface area contributed by atoms with E-state index in [0.29, 0.717) is 18.9 Å². The molecule has 1 atom stereocenters. The van der Waals surface area contributed by atoms with Gasteiger partial charge in [-0.3, -0.25) is 0 Å². The minimum atomic E-state index is -0.297. The van der Waals surface area contributed by atoms with Gasteiger partial charge in [0, 0.05) is 13.7 Å². The SMILES string of the molecule is COCCC(N)c1nc(N)no1. The van der Waals surface area contributed by atoms with Gasteiger partial charge in [-0.15, -0.1) is 0 Å². The third kappa shape index (κ3) is 2.18. The highest BCUT2D eigenvalue weighted by Crippen LogP contribution is 2.11. The molecule has 0 aliphatic heterocycles. The Morgan fingerprint density at radius 2 is 2.42 bits per heavy atom. The largest absolute Gasteiger partial charge is 0.385 e. The van der Waals surface area contributed by atoms with Crippen LogP contribution >= 0.6 is 0 Å². The summed E-state index contributed by atoms with van der Waals surface area (Å²) < 4.78 is 9.60. The lowest BCUT2D eigenvalue weighted by Gasteiger charge is -2.03. The second kappa shape index (κ2) is 4.03. The van der Waals surface area contributed by atoms with Crippen molar-refractivity contribution >= 4 is 5.95 Å². The van der Waals surface area contributed by atoms with E-state index in [9.17, 15) is 0 Å². The monoisotopic (exact) mass is 172 g/mol. The van der Waals surface area contributed by atoms with Gasteiger partial charge in [-0.2, -0.15) is 4.98 Å². The summed E-state index contributed by atoms with van der Waals surface area (Å²) >= 11 is 0. The van der Waals surface area contributed by atoms with Crippen LogP contribution in [0.3, 0.4) is 0 Å². The Balaban J connectivity index is 2.47. The molecule has 0 spiro atoms. The van der Waals surface area contributed by atoms with E-state index in [1.54, 1.807) is 7.11 Å². The summed E-state index contributed by atoms with van der Waals surface area (Å²) in [5.74, 6) is 0.461. The van der Waals surface area contributed by atoms with Crippen molar-refractivity contribution in [3.63, 3.8) is 0 Å². The van der Waals surface area contributed by atoms with Crippen LogP contribution in [0.2, 0.25) is 0 Å².